The van der Waals surface area contributed by atoms with Gasteiger partial charge in [0, 0.05) is 10.6 Å². The highest BCUT2D eigenvalue weighted by atomic mass is 35.5. The van der Waals surface area contributed by atoms with Crippen LogP contribution in [0.3, 0.4) is 0 Å². The summed E-state index contributed by atoms with van der Waals surface area (Å²) < 4.78 is 13.9. The van der Waals surface area contributed by atoms with Gasteiger partial charge in [0.25, 0.3) is 0 Å². The lowest BCUT2D eigenvalue weighted by atomic mass is 10.2. The first-order valence-corrected chi connectivity index (χ1v) is 7.87. The largest absolute Gasteiger partial charge is 0.308 e. The molecule has 0 radical (unpaired) electrons. The fourth-order valence-corrected chi connectivity index (χ4v) is 3.06. The Balaban J connectivity index is 2.23. The van der Waals surface area contributed by atoms with Crippen molar-refractivity contribution in [2.24, 2.45) is 0 Å². The predicted octanol–water partition coefficient (Wildman–Crippen LogP) is 4.45. The minimum absolute atomic E-state index is 0.177. The highest BCUT2D eigenvalue weighted by Gasteiger charge is 2.17. The molecule has 0 amide bonds. The highest BCUT2D eigenvalue weighted by molar-refractivity contribution is 7.14. The maximum atomic E-state index is 13.9. The van der Waals surface area contributed by atoms with Crippen LogP contribution in [0.1, 0.15) is 37.7 Å². The van der Waals surface area contributed by atoms with Crippen LogP contribution < -0.4 is 5.32 Å². The molecule has 0 aliphatic heterocycles. The van der Waals surface area contributed by atoms with Crippen LogP contribution in [0.5, 0.6) is 0 Å². The number of aromatic nitrogens is 2. The van der Waals surface area contributed by atoms with Crippen LogP contribution in [0.15, 0.2) is 18.2 Å². The summed E-state index contributed by atoms with van der Waals surface area (Å²) in [6.07, 6.45) is 1.99. The van der Waals surface area contributed by atoms with E-state index in [1.54, 1.807) is 12.1 Å². The van der Waals surface area contributed by atoms with E-state index < -0.39 is 0 Å². The second-order valence-electron chi connectivity index (χ2n) is 4.48. The number of hydrogen-bond donors (Lipinski definition) is 1. The van der Waals surface area contributed by atoms with Crippen molar-refractivity contribution in [3.63, 3.8) is 0 Å². The molecule has 1 unspecified atom stereocenters. The molecule has 2 aromatic rings. The van der Waals surface area contributed by atoms with Crippen molar-refractivity contribution < 1.29 is 4.39 Å². The van der Waals surface area contributed by atoms with Crippen molar-refractivity contribution in [3.05, 3.63) is 34.0 Å². The van der Waals surface area contributed by atoms with Crippen molar-refractivity contribution in [3.8, 4) is 10.6 Å². The quantitative estimate of drug-likeness (QED) is 0.856. The van der Waals surface area contributed by atoms with Gasteiger partial charge >= 0.3 is 0 Å². The zero-order valence-electron chi connectivity index (χ0n) is 11.5. The Morgan fingerprint density at radius 3 is 2.80 bits per heavy atom. The summed E-state index contributed by atoms with van der Waals surface area (Å²) in [6, 6.07) is 4.78. The predicted molar refractivity (Wildman–Crippen MR) is 81.6 cm³/mol. The van der Waals surface area contributed by atoms with Gasteiger partial charge in [-0.1, -0.05) is 36.8 Å². The van der Waals surface area contributed by atoms with Crippen LogP contribution in [0, 0.1) is 5.82 Å². The van der Waals surface area contributed by atoms with E-state index in [0.717, 1.165) is 24.4 Å². The van der Waals surface area contributed by atoms with Gasteiger partial charge in [-0.05, 0) is 37.6 Å². The Morgan fingerprint density at radius 2 is 2.15 bits per heavy atom. The lowest BCUT2D eigenvalue weighted by Gasteiger charge is -2.12. The molecule has 6 heteroatoms. The van der Waals surface area contributed by atoms with Gasteiger partial charge in [-0.15, -0.1) is 10.2 Å². The van der Waals surface area contributed by atoms with Gasteiger partial charge in [0.05, 0.1) is 6.04 Å². The maximum Gasteiger partial charge on any atom is 0.150 e. The van der Waals surface area contributed by atoms with Gasteiger partial charge in [0.15, 0.2) is 5.01 Å². The van der Waals surface area contributed by atoms with Gasteiger partial charge in [-0.2, -0.15) is 0 Å². The smallest absolute Gasteiger partial charge is 0.150 e. The van der Waals surface area contributed by atoms with E-state index in [2.05, 4.69) is 29.4 Å². The van der Waals surface area contributed by atoms with Crippen molar-refractivity contribution in [1.29, 1.82) is 0 Å². The van der Waals surface area contributed by atoms with Crippen LogP contribution in [0.25, 0.3) is 10.6 Å². The SMILES string of the molecule is CCCNC(CC)c1nnc(-c2ccc(Cl)cc2F)s1. The first-order valence-electron chi connectivity index (χ1n) is 6.67. The Kier molecular flexibility index (Phi) is 5.46. The van der Waals surface area contributed by atoms with Crippen molar-refractivity contribution in [1.82, 2.24) is 15.5 Å². The van der Waals surface area contributed by atoms with Crippen LogP contribution >= 0.6 is 22.9 Å². The lowest BCUT2D eigenvalue weighted by Crippen LogP contribution is -2.21. The van der Waals surface area contributed by atoms with Crippen LogP contribution in [0.4, 0.5) is 4.39 Å². The summed E-state index contributed by atoms with van der Waals surface area (Å²) in [5, 5.41) is 13.6. The topological polar surface area (TPSA) is 37.8 Å². The van der Waals surface area contributed by atoms with Gasteiger partial charge < -0.3 is 5.32 Å². The third-order valence-corrected chi connectivity index (χ3v) is 4.25. The van der Waals surface area contributed by atoms with Gasteiger partial charge in [0.1, 0.15) is 10.8 Å². The van der Waals surface area contributed by atoms with Crippen molar-refractivity contribution in [2.75, 3.05) is 6.54 Å². The molecule has 108 valence electrons. The molecule has 0 saturated carbocycles. The zero-order valence-corrected chi connectivity index (χ0v) is 13.1. The van der Waals surface area contributed by atoms with Crippen molar-refractivity contribution >= 4 is 22.9 Å². The molecule has 0 fully saturated rings. The number of nitrogens with one attached hydrogen (secondary N) is 1. The first-order chi connectivity index (χ1) is 9.65. The Morgan fingerprint density at radius 1 is 1.35 bits per heavy atom. The summed E-state index contributed by atoms with van der Waals surface area (Å²) >= 11 is 7.18. The molecule has 2 rings (SSSR count). The fourth-order valence-electron chi connectivity index (χ4n) is 1.87. The number of benzene rings is 1. The standard InChI is InChI=1S/C14H17ClFN3S/c1-3-7-17-12(4-2)14-19-18-13(20-14)10-6-5-9(15)8-11(10)16/h5-6,8,12,17H,3-4,7H2,1-2H3. The van der Waals surface area contributed by atoms with Crippen LogP contribution in [-0.4, -0.2) is 16.7 Å². The molecular weight excluding hydrogens is 297 g/mol. The second kappa shape index (κ2) is 7.11. The van der Waals surface area contributed by atoms with E-state index in [4.69, 9.17) is 11.6 Å². The maximum absolute atomic E-state index is 13.9. The monoisotopic (exact) mass is 313 g/mol. The number of nitrogens with zero attached hydrogens (tertiary/aromatic N) is 2. The molecule has 1 aromatic heterocycles. The molecule has 1 atom stereocenters. The highest BCUT2D eigenvalue weighted by Crippen LogP contribution is 2.30. The molecule has 3 nitrogen and oxygen atoms in total. The Bertz CT molecular complexity index is 573. The summed E-state index contributed by atoms with van der Waals surface area (Å²) in [4.78, 5) is 0. The van der Waals surface area contributed by atoms with Gasteiger partial charge in [0.2, 0.25) is 0 Å². The van der Waals surface area contributed by atoms with E-state index in [9.17, 15) is 4.39 Å². The van der Waals surface area contributed by atoms with Crippen molar-refractivity contribution in [2.45, 2.75) is 32.7 Å². The Hall–Kier alpha value is -1.04. The van der Waals surface area contributed by atoms with E-state index in [1.165, 1.54) is 17.4 Å². The summed E-state index contributed by atoms with van der Waals surface area (Å²) in [5.74, 6) is -0.366. The van der Waals surface area contributed by atoms with Crippen LogP contribution in [-0.2, 0) is 0 Å². The number of hydrogen-bond acceptors (Lipinski definition) is 4. The Labute approximate surface area is 127 Å². The molecule has 1 N–H and O–H groups in total. The number of rotatable bonds is 6. The summed E-state index contributed by atoms with van der Waals surface area (Å²) in [6.45, 7) is 5.15. The van der Waals surface area contributed by atoms with E-state index >= 15 is 0 Å². The molecule has 0 bridgehead atoms. The van der Waals surface area contributed by atoms with E-state index in [0.29, 0.717) is 15.6 Å². The molecule has 20 heavy (non-hydrogen) atoms. The first kappa shape index (κ1) is 15.4. The summed E-state index contributed by atoms with van der Waals surface area (Å²) in [5.41, 5.74) is 0.448. The minimum atomic E-state index is -0.366. The lowest BCUT2D eigenvalue weighted by molar-refractivity contribution is 0.513. The third kappa shape index (κ3) is 3.53. The average Bonchev–Trinajstić information content (AvgIpc) is 2.89. The molecule has 1 heterocycles. The van der Waals surface area contributed by atoms with Gasteiger partial charge in [-0.3, -0.25) is 0 Å². The van der Waals surface area contributed by atoms with Crippen LogP contribution in [0.2, 0.25) is 5.02 Å². The molecule has 0 spiro atoms. The minimum Gasteiger partial charge on any atom is -0.308 e. The molecule has 0 saturated heterocycles. The van der Waals surface area contributed by atoms with Gasteiger partial charge in [-0.25, -0.2) is 4.39 Å². The zero-order chi connectivity index (χ0) is 14.5. The third-order valence-electron chi connectivity index (χ3n) is 2.95. The van der Waals surface area contributed by atoms with E-state index in [1.807, 2.05) is 0 Å². The summed E-state index contributed by atoms with van der Waals surface area (Å²) in [7, 11) is 0. The van der Waals surface area contributed by atoms with E-state index in [-0.39, 0.29) is 11.9 Å². The molecule has 0 aliphatic carbocycles. The number of halogens is 2. The molecular formula is C14H17ClFN3S. The normalized spacial score (nSPS) is 12.6. The average molecular weight is 314 g/mol. The fraction of sp³-hybridized carbons (Fsp3) is 0.429. The molecule has 1 aromatic carbocycles. The second-order valence-corrected chi connectivity index (χ2v) is 5.93. The molecule has 0 aliphatic rings.